The molecule has 5 nitrogen and oxygen atoms in total. The second-order valence-electron chi connectivity index (χ2n) is 8.79. The van der Waals surface area contributed by atoms with E-state index in [1.165, 1.54) is 23.5 Å². The predicted octanol–water partition coefficient (Wildman–Crippen LogP) is 6.60. The molecule has 4 aromatic rings. The lowest BCUT2D eigenvalue weighted by Crippen LogP contribution is -2.44. The lowest BCUT2D eigenvalue weighted by atomic mass is 9.76. The Balaban J connectivity index is 1.42. The van der Waals surface area contributed by atoms with Crippen LogP contribution in [0.1, 0.15) is 29.5 Å². The maximum absolute atomic E-state index is 14.1. The first kappa shape index (κ1) is 22.8. The number of carbonyl (C=O) groups is 1. The molecule has 36 heavy (non-hydrogen) atoms. The maximum atomic E-state index is 14.1. The summed E-state index contributed by atoms with van der Waals surface area (Å²) in [6.07, 6.45) is 2.22. The van der Waals surface area contributed by atoms with Crippen LogP contribution < -0.4 is 10.6 Å². The number of anilines is 1. The molecule has 180 valence electrons. The zero-order chi connectivity index (χ0) is 24.8. The minimum Gasteiger partial charge on any atom is -0.329 e. The summed E-state index contributed by atoms with van der Waals surface area (Å²) in [7, 11) is 0. The van der Waals surface area contributed by atoms with Crippen molar-refractivity contribution >= 4 is 50.0 Å². The van der Waals surface area contributed by atoms with Crippen molar-refractivity contribution in [3.63, 3.8) is 0 Å². The molecule has 0 radical (unpaired) electrons. The molecule has 1 aliphatic heterocycles. The van der Waals surface area contributed by atoms with Gasteiger partial charge in [0.25, 0.3) is 0 Å². The maximum Gasteiger partial charge on any atom is 0.202 e. The first-order valence-electron chi connectivity index (χ1n) is 11.4. The zero-order valence-electron chi connectivity index (χ0n) is 18.7. The number of nitrogens with zero attached hydrogens (tertiary/aromatic N) is 2. The fourth-order valence-electron chi connectivity index (χ4n) is 4.80. The number of carbonyl (C=O) groups excluding carboxylic acids is 1. The van der Waals surface area contributed by atoms with Crippen molar-refractivity contribution in [2.45, 2.75) is 18.4 Å². The second-order valence-corrected chi connectivity index (χ2v) is 10.3. The number of rotatable bonds is 3. The molecule has 2 heterocycles. The zero-order valence-corrected chi connectivity index (χ0v) is 20.3. The molecule has 1 aromatic heterocycles. The van der Waals surface area contributed by atoms with E-state index in [0.29, 0.717) is 27.4 Å². The molecule has 0 saturated heterocycles. The van der Waals surface area contributed by atoms with Gasteiger partial charge in [0.2, 0.25) is 5.96 Å². The normalized spacial score (nSPS) is 21.4. The van der Waals surface area contributed by atoms with E-state index in [1.54, 1.807) is 6.07 Å². The molecule has 0 amide bonds. The average molecular weight is 521 g/mol. The Hall–Kier alpha value is -3.62. The van der Waals surface area contributed by atoms with E-state index in [0.717, 1.165) is 21.8 Å². The van der Waals surface area contributed by atoms with E-state index in [2.05, 4.69) is 15.6 Å². The molecule has 0 fully saturated rings. The predicted molar refractivity (Wildman–Crippen MR) is 138 cm³/mol. The summed E-state index contributed by atoms with van der Waals surface area (Å²) in [6.45, 7) is 0. The SMILES string of the molecule is O=C1C[C@H](c2cccc(Cl)c2)C=C2NC(Nc3nc4ccccc4s3)=N[C@@H](c3cc(F)cc(F)c3)[C@H]12. The molecule has 1 aliphatic carbocycles. The van der Waals surface area contributed by atoms with Gasteiger partial charge in [0.15, 0.2) is 5.13 Å². The van der Waals surface area contributed by atoms with E-state index < -0.39 is 23.6 Å². The largest absolute Gasteiger partial charge is 0.329 e. The van der Waals surface area contributed by atoms with E-state index in [1.807, 2.05) is 48.5 Å². The van der Waals surface area contributed by atoms with E-state index in [-0.39, 0.29) is 18.1 Å². The summed E-state index contributed by atoms with van der Waals surface area (Å²) >= 11 is 7.65. The Bertz CT molecular complexity index is 1510. The van der Waals surface area contributed by atoms with Gasteiger partial charge in [0.05, 0.1) is 22.2 Å². The average Bonchev–Trinajstić information content (AvgIpc) is 3.25. The third kappa shape index (κ3) is 4.38. The third-order valence-electron chi connectivity index (χ3n) is 6.35. The molecule has 2 N–H and O–H groups in total. The summed E-state index contributed by atoms with van der Waals surface area (Å²) in [6, 6.07) is 17.6. The topological polar surface area (TPSA) is 66.4 Å². The quantitative estimate of drug-likeness (QED) is 0.319. The Morgan fingerprint density at radius 3 is 2.58 bits per heavy atom. The van der Waals surface area contributed by atoms with Crippen molar-refractivity contribution in [1.82, 2.24) is 10.3 Å². The van der Waals surface area contributed by atoms with Crippen LogP contribution in [0.25, 0.3) is 10.2 Å². The lowest BCUT2D eigenvalue weighted by Gasteiger charge is -2.36. The highest BCUT2D eigenvalue weighted by Gasteiger charge is 2.41. The number of nitrogens with one attached hydrogen (secondary N) is 2. The van der Waals surface area contributed by atoms with Gasteiger partial charge < -0.3 is 10.6 Å². The Morgan fingerprint density at radius 2 is 1.81 bits per heavy atom. The minimum atomic E-state index is -0.799. The van der Waals surface area contributed by atoms with Crippen molar-refractivity contribution in [2.75, 3.05) is 5.32 Å². The molecule has 0 bridgehead atoms. The molecule has 3 atom stereocenters. The number of aromatic nitrogens is 1. The van der Waals surface area contributed by atoms with Crippen LogP contribution in [0.15, 0.2) is 83.5 Å². The number of hydrogen-bond acceptors (Lipinski definition) is 6. The van der Waals surface area contributed by atoms with Crippen molar-refractivity contribution in [3.8, 4) is 0 Å². The summed E-state index contributed by atoms with van der Waals surface area (Å²) in [5, 5.41) is 7.64. The van der Waals surface area contributed by atoms with Gasteiger partial charge in [-0.1, -0.05) is 53.3 Å². The molecule has 0 saturated carbocycles. The molecule has 0 spiro atoms. The number of hydrogen-bond donors (Lipinski definition) is 2. The third-order valence-corrected chi connectivity index (χ3v) is 7.54. The highest BCUT2D eigenvalue weighted by atomic mass is 35.5. The summed E-state index contributed by atoms with van der Waals surface area (Å²) in [5.41, 5.74) is 2.68. The standard InChI is InChI=1S/C27H19ClF2N4OS/c28-17-5-3-4-14(8-17)15-11-21-24(22(35)12-15)25(16-9-18(29)13-19(30)10-16)33-26(31-21)34-27-32-20-6-1-2-7-23(20)36-27/h1-11,13,15,24-25H,12H2,(H2,31,32,33,34)/t15-,24+,25+/m1/s1. The Morgan fingerprint density at radius 1 is 1.00 bits per heavy atom. The van der Waals surface area contributed by atoms with Gasteiger partial charge >= 0.3 is 0 Å². The number of ketones is 1. The van der Waals surface area contributed by atoms with Gasteiger partial charge in [-0.2, -0.15) is 0 Å². The number of thiazole rings is 1. The minimum absolute atomic E-state index is 0.0672. The van der Waals surface area contributed by atoms with Crippen molar-refractivity contribution < 1.29 is 13.6 Å². The number of halogens is 3. The summed E-state index contributed by atoms with van der Waals surface area (Å²) in [4.78, 5) is 22.7. The van der Waals surface area contributed by atoms with Gasteiger partial charge in [-0.25, -0.2) is 18.8 Å². The second kappa shape index (κ2) is 9.11. The highest BCUT2D eigenvalue weighted by Crippen LogP contribution is 2.42. The number of guanidine groups is 1. The first-order valence-corrected chi connectivity index (χ1v) is 12.6. The van der Waals surface area contributed by atoms with Crippen molar-refractivity contribution in [3.05, 3.63) is 106 Å². The summed E-state index contributed by atoms with van der Waals surface area (Å²) in [5.74, 6) is -2.03. The smallest absolute Gasteiger partial charge is 0.202 e. The van der Waals surface area contributed by atoms with Gasteiger partial charge in [0, 0.05) is 29.1 Å². The number of benzene rings is 3. The van der Waals surface area contributed by atoms with Gasteiger partial charge in [0.1, 0.15) is 17.4 Å². The van der Waals surface area contributed by atoms with E-state index in [9.17, 15) is 13.6 Å². The fraction of sp³-hybridized carbons (Fsp3) is 0.148. The molecular weight excluding hydrogens is 502 g/mol. The van der Waals surface area contributed by atoms with Crippen LogP contribution in [0.2, 0.25) is 5.02 Å². The molecule has 2 aliphatic rings. The van der Waals surface area contributed by atoms with E-state index in [4.69, 9.17) is 16.6 Å². The lowest BCUT2D eigenvalue weighted by molar-refractivity contribution is -0.123. The van der Waals surface area contributed by atoms with Gasteiger partial charge in [-0.15, -0.1) is 0 Å². The van der Waals surface area contributed by atoms with Gasteiger partial charge in [-0.05, 0) is 47.5 Å². The van der Waals surface area contributed by atoms with E-state index >= 15 is 0 Å². The van der Waals surface area contributed by atoms with Crippen LogP contribution in [0.3, 0.4) is 0 Å². The Labute approximate surface area is 214 Å². The highest BCUT2D eigenvalue weighted by molar-refractivity contribution is 7.22. The Kier molecular flexibility index (Phi) is 5.78. The van der Waals surface area contributed by atoms with Crippen LogP contribution in [-0.4, -0.2) is 16.7 Å². The van der Waals surface area contributed by atoms with Crippen LogP contribution in [0.4, 0.5) is 13.9 Å². The number of fused-ring (bicyclic) bond motifs is 2. The van der Waals surface area contributed by atoms with Crippen LogP contribution in [0, 0.1) is 17.6 Å². The number of para-hydroxylation sites is 1. The molecule has 0 unspecified atom stereocenters. The first-order chi connectivity index (χ1) is 17.4. The van der Waals surface area contributed by atoms with Crippen molar-refractivity contribution in [1.29, 1.82) is 0 Å². The van der Waals surface area contributed by atoms with Crippen LogP contribution in [-0.2, 0) is 4.79 Å². The van der Waals surface area contributed by atoms with Crippen molar-refractivity contribution in [2.24, 2.45) is 10.9 Å². The summed E-state index contributed by atoms with van der Waals surface area (Å²) < 4.78 is 29.3. The van der Waals surface area contributed by atoms with Crippen LogP contribution in [0.5, 0.6) is 0 Å². The molecule has 6 rings (SSSR count). The number of allylic oxidation sites excluding steroid dienone is 1. The fourth-order valence-corrected chi connectivity index (χ4v) is 5.86. The molecule has 9 heteroatoms. The number of Topliss-reactive ketones (excluding diaryl/α,β-unsaturated/α-hetero) is 1. The monoisotopic (exact) mass is 520 g/mol. The van der Waals surface area contributed by atoms with Gasteiger partial charge in [-0.3, -0.25) is 4.79 Å². The van der Waals surface area contributed by atoms with Crippen LogP contribution >= 0.6 is 22.9 Å². The molecular formula is C27H19ClF2N4OS. The number of aliphatic imine (C=N–C) groups is 1. The molecule has 3 aromatic carbocycles.